The van der Waals surface area contributed by atoms with Crippen LogP contribution in [0, 0.1) is 11.3 Å². The van der Waals surface area contributed by atoms with Gasteiger partial charge in [-0.25, -0.2) is 10.2 Å². The summed E-state index contributed by atoms with van der Waals surface area (Å²) in [5.74, 6) is -1.21. The molecule has 0 aliphatic heterocycles. The van der Waals surface area contributed by atoms with E-state index in [-0.39, 0.29) is 5.56 Å². The zero-order valence-corrected chi connectivity index (χ0v) is 15.4. The summed E-state index contributed by atoms with van der Waals surface area (Å²) in [4.78, 5) is 24.1. The Balaban J connectivity index is 1.65. The maximum Gasteiger partial charge on any atom is 0.338 e. The molecule has 3 rings (SSSR count). The van der Waals surface area contributed by atoms with Gasteiger partial charge in [0.1, 0.15) is 0 Å². The topological polar surface area (TPSA) is 91.5 Å². The lowest BCUT2D eigenvalue weighted by Gasteiger charge is -2.08. The largest absolute Gasteiger partial charge is 0.452 e. The molecule has 0 aliphatic carbocycles. The first-order valence-electron chi connectivity index (χ1n) is 8.82. The molecule has 0 atom stereocenters. The number of amides is 1. The van der Waals surface area contributed by atoms with Gasteiger partial charge in [0.05, 0.1) is 22.9 Å². The second-order valence-corrected chi connectivity index (χ2v) is 5.99. The number of hydrogen-bond acceptors (Lipinski definition) is 5. The van der Waals surface area contributed by atoms with Crippen LogP contribution in [0.4, 0.5) is 0 Å². The summed E-state index contributed by atoms with van der Waals surface area (Å²) in [6.07, 6.45) is 0. The smallest absolute Gasteiger partial charge is 0.338 e. The highest BCUT2D eigenvalue weighted by Crippen LogP contribution is 2.10. The van der Waals surface area contributed by atoms with E-state index in [1.165, 1.54) is 24.3 Å². The van der Waals surface area contributed by atoms with Crippen molar-refractivity contribution >= 4 is 17.6 Å². The molecule has 0 aliphatic rings. The van der Waals surface area contributed by atoms with E-state index in [1.807, 2.05) is 66.7 Å². The minimum absolute atomic E-state index is 0.259. The Bertz CT molecular complexity index is 1010. The Hall–Kier alpha value is -4.24. The first kappa shape index (κ1) is 19.5. The third-order valence-electron chi connectivity index (χ3n) is 3.97. The Morgan fingerprint density at radius 2 is 1.38 bits per heavy atom. The van der Waals surface area contributed by atoms with Crippen LogP contribution in [0.25, 0.3) is 0 Å². The summed E-state index contributed by atoms with van der Waals surface area (Å²) in [5.41, 5.74) is 5.40. The van der Waals surface area contributed by atoms with Gasteiger partial charge in [-0.15, -0.1) is 0 Å². The first-order valence-corrected chi connectivity index (χ1v) is 8.82. The minimum atomic E-state index is -0.653. The fourth-order valence-corrected chi connectivity index (χ4v) is 2.53. The van der Waals surface area contributed by atoms with E-state index in [0.29, 0.717) is 11.3 Å². The predicted molar refractivity (Wildman–Crippen MR) is 108 cm³/mol. The van der Waals surface area contributed by atoms with Crippen molar-refractivity contribution in [2.75, 3.05) is 6.61 Å². The molecule has 3 aromatic rings. The molecule has 29 heavy (non-hydrogen) atoms. The van der Waals surface area contributed by atoms with Gasteiger partial charge in [0, 0.05) is 11.1 Å². The standard InChI is InChI=1S/C23H17N3O3/c24-15-17-11-13-20(14-12-17)23(28)29-16-21(27)25-26-22(18-7-3-1-4-8-18)19-9-5-2-6-10-19/h1-14H,16H2,(H,25,27). The first-order chi connectivity index (χ1) is 14.2. The number of hydrazone groups is 1. The fraction of sp³-hybridized carbons (Fsp3) is 0.0435. The van der Waals surface area contributed by atoms with Crippen molar-refractivity contribution in [1.29, 1.82) is 5.26 Å². The third-order valence-corrected chi connectivity index (χ3v) is 3.97. The number of carbonyl (C=O) groups excluding carboxylic acids is 2. The molecule has 142 valence electrons. The summed E-state index contributed by atoms with van der Waals surface area (Å²) in [7, 11) is 0. The Kier molecular flexibility index (Phi) is 6.48. The van der Waals surface area contributed by atoms with Crippen LogP contribution in [0.1, 0.15) is 27.0 Å². The average molecular weight is 383 g/mol. The van der Waals surface area contributed by atoms with Crippen molar-refractivity contribution in [2.24, 2.45) is 5.10 Å². The molecule has 0 bridgehead atoms. The van der Waals surface area contributed by atoms with Crippen molar-refractivity contribution in [2.45, 2.75) is 0 Å². The lowest BCUT2D eigenvalue weighted by atomic mass is 10.0. The number of esters is 1. The molecule has 6 nitrogen and oxygen atoms in total. The Labute approximate surface area is 168 Å². The van der Waals surface area contributed by atoms with Crippen molar-refractivity contribution < 1.29 is 14.3 Å². The third kappa shape index (κ3) is 5.37. The number of carbonyl (C=O) groups is 2. The van der Waals surface area contributed by atoms with E-state index >= 15 is 0 Å². The molecule has 0 heterocycles. The van der Waals surface area contributed by atoms with Gasteiger partial charge in [-0.2, -0.15) is 10.4 Å². The lowest BCUT2D eigenvalue weighted by Crippen LogP contribution is -2.26. The highest BCUT2D eigenvalue weighted by molar-refractivity contribution is 6.13. The van der Waals surface area contributed by atoms with Crippen LogP contribution < -0.4 is 5.43 Å². The normalized spacial score (nSPS) is 9.76. The molecule has 1 N–H and O–H groups in total. The van der Waals surface area contributed by atoms with Gasteiger partial charge in [-0.3, -0.25) is 4.79 Å². The SMILES string of the molecule is N#Cc1ccc(C(=O)OCC(=O)NN=C(c2ccccc2)c2ccccc2)cc1. The van der Waals surface area contributed by atoms with Gasteiger partial charge in [-0.05, 0) is 24.3 Å². The number of nitrogens with zero attached hydrogens (tertiary/aromatic N) is 2. The van der Waals surface area contributed by atoms with Crippen molar-refractivity contribution in [1.82, 2.24) is 5.43 Å². The number of rotatable bonds is 6. The number of nitrogens with one attached hydrogen (secondary N) is 1. The maximum atomic E-state index is 12.1. The fourth-order valence-electron chi connectivity index (χ4n) is 2.53. The molecule has 6 heteroatoms. The zero-order valence-electron chi connectivity index (χ0n) is 15.4. The summed E-state index contributed by atoms with van der Waals surface area (Å²) in [6.45, 7) is -0.473. The van der Waals surface area contributed by atoms with E-state index in [0.717, 1.165) is 11.1 Å². The monoisotopic (exact) mass is 383 g/mol. The maximum absolute atomic E-state index is 12.1. The van der Waals surface area contributed by atoms with Crippen LogP contribution in [-0.2, 0) is 9.53 Å². The van der Waals surface area contributed by atoms with Gasteiger partial charge >= 0.3 is 5.97 Å². The minimum Gasteiger partial charge on any atom is -0.452 e. The number of nitriles is 1. The molecule has 0 unspecified atom stereocenters. The van der Waals surface area contributed by atoms with Crippen LogP contribution in [0.5, 0.6) is 0 Å². The molecular formula is C23H17N3O3. The lowest BCUT2D eigenvalue weighted by molar-refractivity contribution is -0.124. The number of benzene rings is 3. The Morgan fingerprint density at radius 3 is 1.90 bits per heavy atom. The summed E-state index contributed by atoms with van der Waals surface area (Å²) in [6, 6.07) is 26.8. The molecule has 0 fully saturated rings. The van der Waals surface area contributed by atoms with Crippen molar-refractivity contribution in [3.8, 4) is 6.07 Å². The van der Waals surface area contributed by atoms with E-state index in [2.05, 4.69) is 10.5 Å². The Morgan fingerprint density at radius 1 is 0.828 bits per heavy atom. The van der Waals surface area contributed by atoms with Gasteiger partial charge in [0.2, 0.25) is 0 Å². The van der Waals surface area contributed by atoms with E-state index < -0.39 is 18.5 Å². The molecule has 0 saturated carbocycles. The highest BCUT2D eigenvalue weighted by atomic mass is 16.5. The highest BCUT2D eigenvalue weighted by Gasteiger charge is 2.11. The quantitative estimate of drug-likeness (QED) is 0.402. The van der Waals surface area contributed by atoms with Crippen LogP contribution in [0.2, 0.25) is 0 Å². The summed E-state index contributed by atoms with van der Waals surface area (Å²) in [5, 5.41) is 13.0. The molecule has 0 radical (unpaired) electrons. The molecular weight excluding hydrogens is 366 g/mol. The van der Waals surface area contributed by atoms with Crippen LogP contribution in [-0.4, -0.2) is 24.2 Å². The number of hydrogen-bond donors (Lipinski definition) is 1. The van der Waals surface area contributed by atoms with Gasteiger partial charge in [-0.1, -0.05) is 60.7 Å². The number of ether oxygens (including phenoxy) is 1. The molecule has 0 aromatic heterocycles. The van der Waals surface area contributed by atoms with Crippen LogP contribution >= 0.6 is 0 Å². The van der Waals surface area contributed by atoms with Crippen molar-refractivity contribution in [3.05, 3.63) is 107 Å². The van der Waals surface area contributed by atoms with E-state index in [9.17, 15) is 9.59 Å². The van der Waals surface area contributed by atoms with Gasteiger partial charge < -0.3 is 4.74 Å². The second-order valence-electron chi connectivity index (χ2n) is 5.99. The summed E-state index contributed by atoms with van der Waals surface area (Å²) >= 11 is 0. The van der Waals surface area contributed by atoms with Gasteiger partial charge in [0.25, 0.3) is 5.91 Å². The summed E-state index contributed by atoms with van der Waals surface area (Å²) < 4.78 is 5.00. The zero-order chi connectivity index (χ0) is 20.5. The average Bonchev–Trinajstić information content (AvgIpc) is 2.79. The molecule has 3 aromatic carbocycles. The molecule has 1 amide bonds. The van der Waals surface area contributed by atoms with Crippen LogP contribution in [0.3, 0.4) is 0 Å². The van der Waals surface area contributed by atoms with Crippen molar-refractivity contribution in [3.63, 3.8) is 0 Å². The van der Waals surface area contributed by atoms with Gasteiger partial charge in [0.15, 0.2) is 6.61 Å². The van der Waals surface area contributed by atoms with E-state index in [4.69, 9.17) is 10.00 Å². The van der Waals surface area contributed by atoms with Crippen LogP contribution in [0.15, 0.2) is 90.0 Å². The second kappa shape index (κ2) is 9.62. The van der Waals surface area contributed by atoms with E-state index in [1.54, 1.807) is 0 Å². The predicted octanol–water partition coefficient (Wildman–Crippen LogP) is 3.28. The molecule has 0 spiro atoms. The molecule has 0 saturated heterocycles.